The largest absolute Gasteiger partial charge is 0.481 e. The summed E-state index contributed by atoms with van der Waals surface area (Å²) in [6, 6.07) is 3.86. The standard InChI is InChI=1S/C14H17NO3/c1-9-3-2-6-15-11(9)8-14(13(16)17)7-10-4-5-12(14)18-10/h2-3,6,10,12H,4-5,7-8H2,1H3,(H,16,17). The number of rotatable bonds is 3. The Kier molecular flexibility index (Phi) is 2.63. The van der Waals surface area contributed by atoms with Crippen LogP contribution in [0.1, 0.15) is 30.5 Å². The first-order valence-corrected chi connectivity index (χ1v) is 6.41. The summed E-state index contributed by atoms with van der Waals surface area (Å²) in [4.78, 5) is 16.1. The molecule has 2 bridgehead atoms. The minimum atomic E-state index is -0.762. The highest BCUT2D eigenvalue weighted by atomic mass is 16.5. The van der Waals surface area contributed by atoms with E-state index in [2.05, 4.69) is 4.98 Å². The molecule has 2 aliphatic rings. The molecule has 3 heterocycles. The van der Waals surface area contributed by atoms with Gasteiger partial charge in [0.05, 0.1) is 12.2 Å². The van der Waals surface area contributed by atoms with Crippen molar-refractivity contribution >= 4 is 5.97 Å². The van der Waals surface area contributed by atoms with Crippen LogP contribution < -0.4 is 0 Å². The van der Waals surface area contributed by atoms with Crippen LogP contribution in [0.3, 0.4) is 0 Å². The van der Waals surface area contributed by atoms with Crippen LogP contribution in [0.4, 0.5) is 0 Å². The van der Waals surface area contributed by atoms with Gasteiger partial charge in [-0.15, -0.1) is 0 Å². The minimum Gasteiger partial charge on any atom is -0.481 e. The molecular formula is C14H17NO3. The Morgan fingerprint density at radius 3 is 3.00 bits per heavy atom. The van der Waals surface area contributed by atoms with Gasteiger partial charge in [0.25, 0.3) is 0 Å². The van der Waals surface area contributed by atoms with Gasteiger partial charge in [0, 0.05) is 18.3 Å². The number of pyridine rings is 1. The molecule has 0 spiro atoms. The predicted octanol–water partition coefficient (Wildman–Crippen LogP) is 1.95. The fourth-order valence-electron chi connectivity index (χ4n) is 3.29. The van der Waals surface area contributed by atoms with Gasteiger partial charge >= 0.3 is 5.97 Å². The number of carbonyl (C=O) groups is 1. The first kappa shape index (κ1) is 11.7. The van der Waals surface area contributed by atoms with Crippen LogP contribution in [0, 0.1) is 12.3 Å². The fourth-order valence-corrected chi connectivity index (χ4v) is 3.29. The molecule has 3 atom stereocenters. The van der Waals surface area contributed by atoms with E-state index in [0.717, 1.165) is 24.1 Å². The second-order valence-corrected chi connectivity index (χ2v) is 5.43. The van der Waals surface area contributed by atoms with Crippen molar-refractivity contribution < 1.29 is 14.6 Å². The van der Waals surface area contributed by atoms with Gasteiger partial charge in [-0.05, 0) is 37.8 Å². The zero-order valence-corrected chi connectivity index (χ0v) is 10.4. The van der Waals surface area contributed by atoms with Crippen molar-refractivity contribution in [3.05, 3.63) is 29.6 Å². The summed E-state index contributed by atoms with van der Waals surface area (Å²) in [5.41, 5.74) is 1.18. The molecule has 4 heteroatoms. The molecule has 2 fully saturated rings. The van der Waals surface area contributed by atoms with Gasteiger partial charge in [-0.2, -0.15) is 0 Å². The van der Waals surface area contributed by atoms with Gasteiger partial charge in [0.1, 0.15) is 5.41 Å². The van der Waals surface area contributed by atoms with Crippen molar-refractivity contribution in [3.63, 3.8) is 0 Å². The first-order valence-electron chi connectivity index (χ1n) is 6.41. The summed E-state index contributed by atoms with van der Waals surface area (Å²) in [7, 11) is 0. The summed E-state index contributed by atoms with van der Waals surface area (Å²) in [6.07, 6.45) is 4.70. The third-order valence-corrected chi connectivity index (χ3v) is 4.34. The smallest absolute Gasteiger partial charge is 0.312 e. The van der Waals surface area contributed by atoms with Crippen molar-refractivity contribution in [2.75, 3.05) is 0 Å². The molecule has 3 rings (SSSR count). The lowest BCUT2D eigenvalue weighted by molar-refractivity contribution is -0.152. The molecule has 3 unspecified atom stereocenters. The lowest BCUT2D eigenvalue weighted by Crippen LogP contribution is -2.42. The van der Waals surface area contributed by atoms with E-state index in [4.69, 9.17) is 4.74 Å². The molecule has 0 radical (unpaired) electrons. The number of carboxylic acid groups (broad SMARTS) is 1. The summed E-state index contributed by atoms with van der Waals surface area (Å²) in [5, 5.41) is 9.63. The van der Waals surface area contributed by atoms with E-state index in [0.29, 0.717) is 12.8 Å². The number of fused-ring (bicyclic) bond motifs is 2. The monoisotopic (exact) mass is 247 g/mol. The third kappa shape index (κ3) is 1.63. The van der Waals surface area contributed by atoms with E-state index >= 15 is 0 Å². The van der Waals surface area contributed by atoms with Crippen LogP contribution >= 0.6 is 0 Å². The van der Waals surface area contributed by atoms with Gasteiger partial charge in [-0.3, -0.25) is 9.78 Å². The maximum Gasteiger partial charge on any atom is 0.312 e. The van der Waals surface area contributed by atoms with Crippen LogP contribution in [0.15, 0.2) is 18.3 Å². The third-order valence-electron chi connectivity index (χ3n) is 4.34. The van der Waals surface area contributed by atoms with E-state index in [1.807, 2.05) is 19.1 Å². The summed E-state index contributed by atoms with van der Waals surface area (Å²) in [5.74, 6) is -0.736. The molecule has 18 heavy (non-hydrogen) atoms. The maximum absolute atomic E-state index is 11.7. The average Bonchev–Trinajstić information content (AvgIpc) is 2.93. The highest BCUT2D eigenvalue weighted by Gasteiger charge is 2.57. The average molecular weight is 247 g/mol. The fraction of sp³-hybridized carbons (Fsp3) is 0.571. The second-order valence-electron chi connectivity index (χ2n) is 5.43. The van der Waals surface area contributed by atoms with Crippen LogP contribution in [0.2, 0.25) is 0 Å². The molecule has 0 saturated carbocycles. The van der Waals surface area contributed by atoms with Gasteiger partial charge in [0.15, 0.2) is 0 Å². The Bertz CT molecular complexity index is 488. The van der Waals surface area contributed by atoms with Gasteiger partial charge in [-0.1, -0.05) is 6.07 Å². The highest BCUT2D eigenvalue weighted by Crippen LogP contribution is 2.49. The summed E-state index contributed by atoms with van der Waals surface area (Å²) < 4.78 is 5.75. The molecule has 96 valence electrons. The van der Waals surface area contributed by atoms with Gasteiger partial charge in [-0.25, -0.2) is 0 Å². The quantitative estimate of drug-likeness (QED) is 0.887. The molecule has 4 nitrogen and oxygen atoms in total. The van der Waals surface area contributed by atoms with Gasteiger partial charge in [0.2, 0.25) is 0 Å². The number of hydrogen-bond donors (Lipinski definition) is 1. The molecule has 0 aliphatic carbocycles. The molecule has 0 aromatic carbocycles. The van der Waals surface area contributed by atoms with Crippen LogP contribution in [-0.4, -0.2) is 28.3 Å². The van der Waals surface area contributed by atoms with Crippen LogP contribution in [0.5, 0.6) is 0 Å². The number of nitrogens with zero attached hydrogens (tertiary/aromatic N) is 1. The summed E-state index contributed by atoms with van der Waals surface area (Å²) >= 11 is 0. The Morgan fingerprint density at radius 2 is 2.44 bits per heavy atom. The number of carboxylic acids is 1. The van der Waals surface area contributed by atoms with E-state index in [1.54, 1.807) is 6.20 Å². The normalized spacial score (nSPS) is 33.8. The molecule has 1 aromatic heterocycles. The molecule has 2 saturated heterocycles. The maximum atomic E-state index is 11.7. The highest BCUT2D eigenvalue weighted by molar-refractivity contribution is 5.76. The van der Waals surface area contributed by atoms with E-state index in [-0.39, 0.29) is 12.2 Å². The Hall–Kier alpha value is -1.42. The van der Waals surface area contributed by atoms with Crippen LogP contribution in [-0.2, 0) is 16.0 Å². The Labute approximate surface area is 106 Å². The lowest BCUT2D eigenvalue weighted by atomic mass is 9.70. The zero-order valence-electron chi connectivity index (χ0n) is 10.4. The minimum absolute atomic E-state index is 0.134. The van der Waals surface area contributed by atoms with Gasteiger partial charge < -0.3 is 9.84 Å². The summed E-state index contributed by atoms with van der Waals surface area (Å²) in [6.45, 7) is 1.98. The first-order chi connectivity index (χ1) is 8.62. The Balaban J connectivity index is 1.93. The van der Waals surface area contributed by atoms with E-state index in [9.17, 15) is 9.90 Å². The SMILES string of the molecule is Cc1cccnc1CC1(C(=O)O)CC2CCC1O2. The second kappa shape index (κ2) is 4.05. The Morgan fingerprint density at radius 1 is 1.61 bits per heavy atom. The molecular weight excluding hydrogens is 230 g/mol. The van der Waals surface area contributed by atoms with E-state index < -0.39 is 11.4 Å². The number of ether oxygens (including phenoxy) is 1. The van der Waals surface area contributed by atoms with Crippen molar-refractivity contribution in [1.29, 1.82) is 0 Å². The number of hydrogen-bond acceptors (Lipinski definition) is 3. The van der Waals surface area contributed by atoms with Crippen molar-refractivity contribution in [2.45, 2.75) is 44.8 Å². The molecule has 1 aromatic rings. The molecule has 1 N–H and O–H groups in total. The lowest BCUT2D eigenvalue weighted by Gasteiger charge is -2.31. The number of aromatic nitrogens is 1. The number of aliphatic carboxylic acids is 1. The molecule has 2 aliphatic heterocycles. The topological polar surface area (TPSA) is 59.4 Å². The molecule has 0 amide bonds. The van der Waals surface area contributed by atoms with Crippen LogP contribution in [0.25, 0.3) is 0 Å². The van der Waals surface area contributed by atoms with E-state index in [1.165, 1.54) is 0 Å². The predicted molar refractivity (Wildman–Crippen MR) is 65.3 cm³/mol. The van der Waals surface area contributed by atoms with Crippen molar-refractivity contribution in [2.24, 2.45) is 5.41 Å². The van der Waals surface area contributed by atoms with Crippen molar-refractivity contribution in [1.82, 2.24) is 4.98 Å². The van der Waals surface area contributed by atoms with Crippen molar-refractivity contribution in [3.8, 4) is 0 Å². The zero-order chi connectivity index (χ0) is 12.8. The number of aryl methyl sites for hydroxylation is 1.